The number of unbranched alkanes of at least 4 members (excludes halogenated alkanes) is 1. The highest BCUT2D eigenvalue weighted by Gasteiger charge is 2.28. The third-order valence-corrected chi connectivity index (χ3v) is 12.7. The zero-order valence-electron chi connectivity index (χ0n) is 36.2. The molecule has 1 aliphatic rings. The smallest absolute Gasteiger partial charge is 0.317 e. The Morgan fingerprint density at radius 2 is 1.23 bits per heavy atom. The van der Waals surface area contributed by atoms with Gasteiger partial charge in [-0.05, 0) is 98.3 Å². The number of carbonyl (C=O) groups excluding carboxylic acids is 2. The Bertz CT molecular complexity index is 2730. The second kappa shape index (κ2) is 21.9. The summed E-state index contributed by atoms with van der Waals surface area (Å²) in [6.45, 7) is 5.49. The van der Waals surface area contributed by atoms with Crippen LogP contribution in [0.4, 0.5) is 22.7 Å². The number of carboxylic acid groups (broad SMARTS) is 2. The normalized spacial score (nSPS) is 15.2. The molecule has 1 heterocycles. The van der Waals surface area contributed by atoms with Crippen molar-refractivity contribution < 1.29 is 60.4 Å². The molecular formula is C42H53N9O13S2. The van der Waals surface area contributed by atoms with E-state index in [0.29, 0.717) is 93.6 Å². The van der Waals surface area contributed by atoms with Crippen LogP contribution in [0.2, 0.25) is 0 Å². The SMILES string of the molecule is Cc1cc(-c2ccc(NC(=O)[C@@H](CCCCN)NC(=O)CN3CCN(CC(=O)O)CCN(CC(=O)O)CC3)c(C)c2)ccc1/N=N/c1ccc2c(S(=O)(=O)O)cc(S(=O)(=O)O)c(N)c2c1O. The minimum absolute atomic E-state index is 0.0995. The van der Waals surface area contributed by atoms with Crippen LogP contribution in [0.15, 0.2) is 74.6 Å². The predicted octanol–water partition coefficient (Wildman–Crippen LogP) is 2.96. The summed E-state index contributed by atoms with van der Waals surface area (Å²) in [7, 11) is -10.1. The number of fused-ring (bicyclic) bond motifs is 1. The highest BCUT2D eigenvalue weighted by Crippen LogP contribution is 2.44. The lowest BCUT2D eigenvalue weighted by atomic mass is 10.00. The molecule has 22 nitrogen and oxygen atoms in total. The lowest BCUT2D eigenvalue weighted by molar-refractivity contribution is -0.140. The maximum Gasteiger partial charge on any atom is 0.317 e. The first-order valence-electron chi connectivity index (χ1n) is 20.6. The van der Waals surface area contributed by atoms with Crippen LogP contribution in [-0.4, -0.2) is 151 Å². The van der Waals surface area contributed by atoms with Crippen molar-refractivity contribution in [2.45, 2.75) is 48.9 Å². The van der Waals surface area contributed by atoms with E-state index in [4.69, 9.17) is 11.5 Å². The van der Waals surface area contributed by atoms with Crippen LogP contribution in [0.3, 0.4) is 0 Å². The monoisotopic (exact) mass is 955 g/mol. The average Bonchev–Trinajstić information content (AvgIpc) is 3.30. The Kier molecular flexibility index (Phi) is 16.9. The van der Waals surface area contributed by atoms with Gasteiger partial charge < -0.3 is 37.4 Å². The lowest BCUT2D eigenvalue weighted by Gasteiger charge is -2.26. The molecule has 0 unspecified atom stereocenters. The quantitative estimate of drug-likeness (QED) is 0.0299. The number of phenolic OH excluding ortho intramolecular Hbond substituents is 1. The summed E-state index contributed by atoms with van der Waals surface area (Å²) in [5.74, 6) is -3.66. The van der Waals surface area contributed by atoms with Gasteiger partial charge in [-0.15, -0.1) is 5.11 Å². The fourth-order valence-corrected chi connectivity index (χ4v) is 8.90. The van der Waals surface area contributed by atoms with E-state index in [-0.39, 0.29) is 30.7 Å². The number of hydrogen-bond acceptors (Lipinski definition) is 16. The van der Waals surface area contributed by atoms with Crippen molar-refractivity contribution >= 4 is 77.5 Å². The molecule has 356 valence electrons. The van der Waals surface area contributed by atoms with Crippen molar-refractivity contribution in [2.24, 2.45) is 16.0 Å². The number of hydrogen-bond donors (Lipinski definition) is 9. The first-order chi connectivity index (χ1) is 31.0. The number of nitrogens with one attached hydrogen (secondary N) is 2. The van der Waals surface area contributed by atoms with Crippen molar-refractivity contribution in [3.63, 3.8) is 0 Å². The molecule has 1 saturated heterocycles. The maximum absolute atomic E-state index is 13.7. The molecule has 4 aromatic rings. The second-order valence-corrected chi connectivity index (χ2v) is 18.6. The highest BCUT2D eigenvalue weighted by atomic mass is 32.2. The largest absolute Gasteiger partial charge is 0.505 e. The summed E-state index contributed by atoms with van der Waals surface area (Å²) in [4.78, 5) is 53.3. The van der Waals surface area contributed by atoms with E-state index in [1.165, 1.54) is 6.07 Å². The fraction of sp³-hybridized carbons (Fsp3) is 0.381. The van der Waals surface area contributed by atoms with E-state index in [1.807, 2.05) is 24.0 Å². The molecular weight excluding hydrogens is 903 g/mol. The summed E-state index contributed by atoms with van der Waals surface area (Å²) < 4.78 is 67.5. The number of azo groups is 1. The summed E-state index contributed by atoms with van der Waals surface area (Å²) in [5.41, 5.74) is 14.5. The molecule has 0 spiro atoms. The van der Waals surface area contributed by atoms with Crippen molar-refractivity contribution in [1.82, 2.24) is 20.0 Å². The number of aliphatic carboxylic acids is 2. The maximum atomic E-state index is 13.7. The highest BCUT2D eigenvalue weighted by molar-refractivity contribution is 7.87. The molecule has 0 bridgehead atoms. The first-order valence-corrected chi connectivity index (χ1v) is 23.5. The Morgan fingerprint density at radius 3 is 1.74 bits per heavy atom. The van der Waals surface area contributed by atoms with E-state index in [0.717, 1.165) is 17.2 Å². The molecule has 0 aliphatic carbocycles. The number of anilines is 2. The molecule has 0 aromatic heterocycles. The minimum Gasteiger partial charge on any atom is -0.505 e. The van der Waals surface area contributed by atoms with Gasteiger partial charge in [-0.3, -0.25) is 43.0 Å². The van der Waals surface area contributed by atoms with Gasteiger partial charge >= 0.3 is 11.9 Å². The van der Waals surface area contributed by atoms with E-state index in [1.54, 1.807) is 41.0 Å². The van der Waals surface area contributed by atoms with Gasteiger partial charge in [0.2, 0.25) is 11.8 Å². The van der Waals surface area contributed by atoms with Gasteiger partial charge in [0.1, 0.15) is 21.5 Å². The molecule has 1 fully saturated rings. The van der Waals surface area contributed by atoms with Crippen molar-refractivity contribution in [1.29, 1.82) is 0 Å². The summed E-state index contributed by atoms with van der Waals surface area (Å²) in [5, 5.41) is 43.0. The van der Waals surface area contributed by atoms with Crippen LogP contribution in [0.25, 0.3) is 21.9 Å². The number of aromatic hydroxyl groups is 1. The standard InChI is InChI=1S/C42H53N9O13S2/c1-25-19-27(28-7-10-31(26(2)20-28)47-48-32-11-8-29-34(65(59,60)61)21-35(66(62,63)64)40(44)39(29)41(32)57)6-9-30(25)46-42(58)33(5-3-4-12-43)45-36(52)22-49-13-15-50(23-37(53)54)17-18-51(16-14-49)24-38(55)56/h6-11,19-21,33,57H,3-5,12-18,22-24,43-44H2,1-2H3,(H,45,52)(H,46,58)(H,53,54)(H,55,56)(H,59,60,61)(H,62,63,64)/b48-47+/t33-/m1/s1. The van der Waals surface area contributed by atoms with Crippen LogP contribution in [-0.2, 0) is 39.4 Å². The molecule has 5 rings (SSSR count). The minimum atomic E-state index is -5.09. The van der Waals surface area contributed by atoms with E-state index < -0.39 is 76.6 Å². The Hall–Kier alpha value is -6.12. The molecule has 4 aromatic carbocycles. The zero-order chi connectivity index (χ0) is 48.5. The number of nitrogens with zero attached hydrogens (tertiary/aromatic N) is 5. The van der Waals surface area contributed by atoms with Crippen LogP contribution in [0.5, 0.6) is 5.75 Å². The number of benzene rings is 4. The van der Waals surface area contributed by atoms with Crippen LogP contribution in [0.1, 0.15) is 30.4 Å². The zero-order valence-corrected chi connectivity index (χ0v) is 37.8. The predicted molar refractivity (Wildman–Crippen MR) is 243 cm³/mol. The van der Waals surface area contributed by atoms with Crippen LogP contribution in [0, 0.1) is 13.8 Å². The third kappa shape index (κ3) is 13.5. The summed E-state index contributed by atoms with van der Waals surface area (Å²) in [6, 6.07) is 12.5. The van der Waals surface area contributed by atoms with Gasteiger partial charge in [0.05, 0.1) is 36.4 Å². The second-order valence-electron chi connectivity index (χ2n) is 15.8. The van der Waals surface area contributed by atoms with Gasteiger partial charge in [-0.2, -0.15) is 21.9 Å². The molecule has 66 heavy (non-hydrogen) atoms. The number of rotatable bonds is 18. The molecule has 24 heteroatoms. The van der Waals surface area contributed by atoms with Gasteiger partial charge in [0, 0.05) is 50.3 Å². The fourth-order valence-electron chi connectivity index (χ4n) is 7.47. The van der Waals surface area contributed by atoms with Crippen LogP contribution >= 0.6 is 0 Å². The summed E-state index contributed by atoms with van der Waals surface area (Å²) >= 11 is 0. The van der Waals surface area contributed by atoms with Gasteiger partial charge in [-0.1, -0.05) is 18.2 Å². The number of nitrogens with two attached hydrogens (primary N) is 2. The van der Waals surface area contributed by atoms with Crippen molar-refractivity contribution in [3.05, 3.63) is 65.7 Å². The number of carboxylic acids is 2. The Labute approximate surface area is 380 Å². The lowest BCUT2D eigenvalue weighted by Crippen LogP contribution is -2.49. The van der Waals surface area contributed by atoms with Crippen LogP contribution < -0.4 is 22.1 Å². The Morgan fingerprint density at radius 1 is 0.712 bits per heavy atom. The van der Waals surface area contributed by atoms with E-state index in [2.05, 4.69) is 20.9 Å². The molecule has 0 saturated carbocycles. The number of nitrogen functional groups attached to an aromatic ring is 1. The number of aryl methyl sites for hydroxylation is 2. The van der Waals surface area contributed by atoms with Gasteiger partial charge in [-0.25, -0.2) is 0 Å². The van der Waals surface area contributed by atoms with E-state index in [9.17, 15) is 60.4 Å². The van der Waals surface area contributed by atoms with Gasteiger partial charge in [0.25, 0.3) is 20.2 Å². The van der Waals surface area contributed by atoms with Gasteiger partial charge in [0.15, 0.2) is 5.75 Å². The average molecular weight is 956 g/mol. The molecule has 11 N–H and O–H groups in total. The molecule has 1 atom stereocenters. The van der Waals surface area contributed by atoms with Crippen molar-refractivity contribution in [2.75, 3.05) is 76.5 Å². The first kappa shape index (κ1) is 50.9. The number of carbonyl (C=O) groups is 4. The molecule has 2 amide bonds. The third-order valence-electron chi connectivity index (χ3n) is 10.9. The summed E-state index contributed by atoms with van der Waals surface area (Å²) in [6.07, 6.45) is 1.50. The number of amides is 2. The molecule has 1 aliphatic heterocycles. The Balaban J connectivity index is 1.29. The molecule has 0 radical (unpaired) electrons. The van der Waals surface area contributed by atoms with E-state index >= 15 is 0 Å². The van der Waals surface area contributed by atoms with Crippen molar-refractivity contribution in [3.8, 4) is 16.9 Å². The number of phenols is 1. The topological polar surface area (TPSA) is 348 Å².